The van der Waals surface area contributed by atoms with E-state index >= 15 is 0 Å². The number of carbonyl (C=O) groups excluding carboxylic acids is 1. The van der Waals surface area contributed by atoms with E-state index in [1.165, 1.54) is 0 Å². The maximum Gasteiger partial charge on any atom is 0.258 e. The second kappa shape index (κ2) is 5.73. The molecule has 20 heavy (non-hydrogen) atoms. The number of phenolic OH excluding ortho intramolecular Hbond substituents is 1. The van der Waals surface area contributed by atoms with Crippen molar-refractivity contribution in [1.82, 2.24) is 0 Å². The van der Waals surface area contributed by atoms with Crippen LogP contribution in [0.1, 0.15) is 21.5 Å². The minimum Gasteiger partial charge on any atom is -0.508 e. The van der Waals surface area contributed by atoms with Crippen LogP contribution >= 0.6 is 23.2 Å². The van der Waals surface area contributed by atoms with Gasteiger partial charge in [-0.25, -0.2) is 0 Å². The molecule has 0 aliphatic heterocycles. The monoisotopic (exact) mass is 309 g/mol. The van der Waals surface area contributed by atoms with Crippen LogP contribution in [0.5, 0.6) is 5.75 Å². The summed E-state index contributed by atoms with van der Waals surface area (Å²) in [6.45, 7) is 3.55. The van der Waals surface area contributed by atoms with Gasteiger partial charge in [-0.1, -0.05) is 29.3 Å². The molecule has 3 nitrogen and oxygen atoms in total. The number of anilines is 1. The summed E-state index contributed by atoms with van der Waals surface area (Å²) in [4.78, 5) is 12.3. The molecule has 5 heteroatoms. The minimum absolute atomic E-state index is 0.191. The summed E-state index contributed by atoms with van der Waals surface area (Å²) in [7, 11) is 0. The average molecular weight is 310 g/mol. The summed E-state index contributed by atoms with van der Waals surface area (Å²) in [6, 6.07) is 8.19. The van der Waals surface area contributed by atoms with Crippen LogP contribution in [0.25, 0.3) is 0 Å². The molecular weight excluding hydrogens is 297 g/mol. The lowest BCUT2D eigenvalue weighted by Crippen LogP contribution is -2.14. The quantitative estimate of drug-likeness (QED) is 0.798. The summed E-state index contributed by atoms with van der Waals surface area (Å²) in [5, 5.41) is 13.0. The third-order valence-corrected chi connectivity index (χ3v) is 3.61. The Hall–Kier alpha value is -1.71. The number of rotatable bonds is 2. The second-order valence-corrected chi connectivity index (χ2v) is 5.32. The fourth-order valence-corrected chi connectivity index (χ4v) is 2.40. The zero-order chi connectivity index (χ0) is 14.9. The fraction of sp³-hybridized carbons (Fsp3) is 0.133. The Kier molecular flexibility index (Phi) is 4.21. The molecule has 0 saturated heterocycles. The Morgan fingerprint density at radius 3 is 2.30 bits per heavy atom. The highest BCUT2D eigenvalue weighted by Gasteiger charge is 2.15. The van der Waals surface area contributed by atoms with Gasteiger partial charge >= 0.3 is 0 Å². The molecule has 2 aromatic carbocycles. The number of hydrogen-bond donors (Lipinski definition) is 2. The molecule has 0 unspecified atom stereocenters. The van der Waals surface area contributed by atoms with E-state index in [-0.39, 0.29) is 17.2 Å². The first kappa shape index (κ1) is 14.7. The number of phenols is 1. The van der Waals surface area contributed by atoms with Crippen LogP contribution in [0, 0.1) is 13.8 Å². The van der Waals surface area contributed by atoms with E-state index in [0.717, 1.165) is 5.56 Å². The van der Waals surface area contributed by atoms with Crippen molar-refractivity contribution in [1.29, 1.82) is 0 Å². The first-order chi connectivity index (χ1) is 9.40. The van der Waals surface area contributed by atoms with Crippen LogP contribution in [0.4, 0.5) is 5.69 Å². The molecule has 2 rings (SSSR count). The zero-order valence-corrected chi connectivity index (χ0v) is 12.5. The van der Waals surface area contributed by atoms with E-state index in [0.29, 0.717) is 21.3 Å². The van der Waals surface area contributed by atoms with Crippen molar-refractivity contribution < 1.29 is 9.90 Å². The predicted octanol–water partition coefficient (Wildman–Crippen LogP) is 4.57. The van der Waals surface area contributed by atoms with Gasteiger partial charge in [0.2, 0.25) is 0 Å². The van der Waals surface area contributed by atoms with Gasteiger partial charge in [0.05, 0.1) is 15.6 Å². The van der Waals surface area contributed by atoms with Crippen LogP contribution in [-0.4, -0.2) is 11.0 Å². The van der Waals surface area contributed by atoms with Gasteiger partial charge in [-0.2, -0.15) is 0 Å². The number of halogens is 2. The smallest absolute Gasteiger partial charge is 0.258 e. The van der Waals surface area contributed by atoms with E-state index in [9.17, 15) is 9.90 Å². The van der Waals surface area contributed by atoms with Crippen LogP contribution in [0.2, 0.25) is 10.0 Å². The lowest BCUT2D eigenvalue weighted by Gasteiger charge is -2.12. The topological polar surface area (TPSA) is 49.3 Å². The van der Waals surface area contributed by atoms with Crippen molar-refractivity contribution in [2.75, 3.05) is 5.32 Å². The minimum atomic E-state index is -0.381. The number of hydrogen-bond acceptors (Lipinski definition) is 2. The van der Waals surface area contributed by atoms with Gasteiger partial charge in [-0.05, 0) is 49.2 Å². The van der Waals surface area contributed by atoms with Crippen molar-refractivity contribution in [3.05, 3.63) is 57.1 Å². The maximum absolute atomic E-state index is 12.3. The van der Waals surface area contributed by atoms with Gasteiger partial charge in [0, 0.05) is 5.69 Å². The predicted molar refractivity (Wildman–Crippen MR) is 82.0 cm³/mol. The number of benzene rings is 2. The molecule has 1 amide bonds. The molecule has 104 valence electrons. The van der Waals surface area contributed by atoms with Crippen molar-refractivity contribution in [3.8, 4) is 5.75 Å². The van der Waals surface area contributed by atoms with Crippen LogP contribution in [-0.2, 0) is 0 Å². The first-order valence-electron chi connectivity index (χ1n) is 5.95. The molecule has 0 spiro atoms. The van der Waals surface area contributed by atoms with Crippen LogP contribution < -0.4 is 5.32 Å². The molecule has 0 saturated carbocycles. The lowest BCUT2D eigenvalue weighted by atomic mass is 10.1. The maximum atomic E-state index is 12.3. The molecule has 0 fully saturated rings. The van der Waals surface area contributed by atoms with Gasteiger partial charge in [0.15, 0.2) is 0 Å². The molecule has 0 bridgehead atoms. The van der Waals surface area contributed by atoms with Gasteiger partial charge in [0.25, 0.3) is 5.91 Å². The molecule has 2 N–H and O–H groups in total. The number of carbonyl (C=O) groups is 1. The van der Waals surface area contributed by atoms with Crippen molar-refractivity contribution >= 4 is 34.8 Å². The van der Waals surface area contributed by atoms with E-state index in [2.05, 4.69) is 5.32 Å². The molecule has 0 aromatic heterocycles. The van der Waals surface area contributed by atoms with E-state index in [1.54, 1.807) is 44.2 Å². The molecule has 0 aliphatic rings. The standard InChI is InChI=1S/C15H13Cl2NO2/c1-8-7-13(19)9(2)6-12(8)18-15(20)14-10(16)4-3-5-11(14)17/h3-7,19H,1-2H3,(H,18,20). The Labute approximate surface area is 127 Å². The van der Waals surface area contributed by atoms with Crippen molar-refractivity contribution in [2.45, 2.75) is 13.8 Å². The normalized spacial score (nSPS) is 10.4. The Morgan fingerprint density at radius 1 is 1.10 bits per heavy atom. The summed E-state index contributed by atoms with van der Waals surface area (Å²) in [6.07, 6.45) is 0. The molecule has 0 heterocycles. The summed E-state index contributed by atoms with van der Waals surface area (Å²) < 4.78 is 0. The number of amides is 1. The van der Waals surface area contributed by atoms with E-state index < -0.39 is 0 Å². The largest absolute Gasteiger partial charge is 0.508 e. The Balaban J connectivity index is 2.35. The van der Waals surface area contributed by atoms with Crippen molar-refractivity contribution in [3.63, 3.8) is 0 Å². The van der Waals surface area contributed by atoms with Gasteiger partial charge < -0.3 is 10.4 Å². The van der Waals surface area contributed by atoms with Gasteiger partial charge in [-0.15, -0.1) is 0 Å². The first-order valence-corrected chi connectivity index (χ1v) is 6.71. The fourth-order valence-electron chi connectivity index (χ4n) is 1.84. The average Bonchev–Trinajstić information content (AvgIpc) is 2.35. The number of aryl methyl sites for hydroxylation is 2. The third kappa shape index (κ3) is 2.89. The SMILES string of the molecule is Cc1cc(NC(=O)c2c(Cl)cccc2Cl)c(C)cc1O. The van der Waals surface area contributed by atoms with Gasteiger partial charge in [0.1, 0.15) is 5.75 Å². The summed E-state index contributed by atoms with van der Waals surface area (Å²) in [5.41, 5.74) is 2.28. The Morgan fingerprint density at radius 2 is 1.70 bits per heavy atom. The third-order valence-electron chi connectivity index (χ3n) is 2.98. The van der Waals surface area contributed by atoms with Crippen LogP contribution in [0.15, 0.2) is 30.3 Å². The zero-order valence-electron chi connectivity index (χ0n) is 11.0. The van der Waals surface area contributed by atoms with E-state index in [1.807, 2.05) is 0 Å². The molecule has 0 radical (unpaired) electrons. The highest BCUT2D eigenvalue weighted by molar-refractivity contribution is 6.40. The number of nitrogens with one attached hydrogen (secondary N) is 1. The molecule has 0 atom stereocenters. The summed E-state index contributed by atoms with van der Waals surface area (Å²) >= 11 is 12.0. The van der Waals surface area contributed by atoms with Crippen molar-refractivity contribution in [2.24, 2.45) is 0 Å². The lowest BCUT2D eigenvalue weighted by molar-refractivity contribution is 0.102. The van der Waals surface area contributed by atoms with Crippen LogP contribution in [0.3, 0.4) is 0 Å². The highest BCUT2D eigenvalue weighted by atomic mass is 35.5. The number of aromatic hydroxyl groups is 1. The molecule has 0 aliphatic carbocycles. The molecule has 2 aromatic rings. The highest BCUT2D eigenvalue weighted by Crippen LogP contribution is 2.28. The van der Waals surface area contributed by atoms with Gasteiger partial charge in [-0.3, -0.25) is 4.79 Å². The second-order valence-electron chi connectivity index (χ2n) is 4.50. The molecular formula is C15H13Cl2NO2. The Bertz CT molecular complexity index is 664. The summed E-state index contributed by atoms with van der Waals surface area (Å²) in [5.74, 6) is -0.190. The van der Waals surface area contributed by atoms with E-state index in [4.69, 9.17) is 23.2 Å².